The van der Waals surface area contributed by atoms with Gasteiger partial charge in [0.15, 0.2) is 0 Å². The number of benzene rings is 1. The average molecular weight is 370 g/mol. The molecule has 0 saturated carbocycles. The molecule has 1 fully saturated rings. The van der Waals surface area contributed by atoms with Gasteiger partial charge < -0.3 is 19.5 Å². The molecule has 0 bridgehead atoms. The first kappa shape index (κ1) is 19.3. The summed E-state index contributed by atoms with van der Waals surface area (Å²) in [5.74, 6) is 2.01. The zero-order chi connectivity index (χ0) is 18.9. The van der Waals surface area contributed by atoms with Crippen molar-refractivity contribution in [2.24, 2.45) is 0 Å². The van der Waals surface area contributed by atoms with E-state index >= 15 is 0 Å². The Bertz CT molecular complexity index is 682. The average Bonchev–Trinajstić information content (AvgIpc) is 2.70. The van der Waals surface area contributed by atoms with Crippen molar-refractivity contribution >= 4 is 5.69 Å². The maximum Gasteiger partial charge on any atom is 0.135 e. The van der Waals surface area contributed by atoms with Crippen LogP contribution in [0.2, 0.25) is 0 Å². The number of aromatic nitrogens is 1. The molecule has 27 heavy (non-hydrogen) atoms. The van der Waals surface area contributed by atoms with Gasteiger partial charge in [0.25, 0.3) is 0 Å². The SMILES string of the molecule is CCCCCCOc1ccc(OC2CCN(c3cncc(O)c3)CC2)cc1. The fourth-order valence-electron chi connectivity index (χ4n) is 3.35. The zero-order valence-electron chi connectivity index (χ0n) is 16.1. The Balaban J connectivity index is 1.41. The summed E-state index contributed by atoms with van der Waals surface area (Å²) in [7, 11) is 0. The van der Waals surface area contributed by atoms with Gasteiger partial charge in [-0.25, -0.2) is 0 Å². The lowest BCUT2D eigenvalue weighted by molar-refractivity contribution is 0.170. The molecule has 2 heterocycles. The summed E-state index contributed by atoms with van der Waals surface area (Å²) in [5, 5.41) is 9.58. The number of rotatable bonds is 9. The van der Waals surface area contributed by atoms with Crippen molar-refractivity contribution in [3.05, 3.63) is 42.7 Å². The van der Waals surface area contributed by atoms with E-state index in [4.69, 9.17) is 9.47 Å². The molecule has 0 atom stereocenters. The minimum atomic E-state index is 0.207. The van der Waals surface area contributed by atoms with Crippen LogP contribution >= 0.6 is 0 Å². The van der Waals surface area contributed by atoms with E-state index in [1.54, 1.807) is 12.3 Å². The van der Waals surface area contributed by atoms with E-state index in [-0.39, 0.29) is 11.9 Å². The van der Waals surface area contributed by atoms with Gasteiger partial charge in [0, 0.05) is 32.0 Å². The smallest absolute Gasteiger partial charge is 0.135 e. The highest BCUT2D eigenvalue weighted by Gasteiger charge is 2.21. The molecule has 1 aromatic heterocycles. The van der Waals surface area contributed by atoms with Crippen molar-refractivity contribution in [1.82, 2.24) is 4.98 Å². The van der Waals surface area contributed by atoms with E-state index in [2.05, 4.69) is 16.8 Å². The third kappa shape index (κ3) is 6.05. The Kier molecular flexibility index (Phi) is 7.19. The molecule has 2 aromatic rings. The highest BCUT2D eigenvalue weighted by Crippen LogP contribution is 2.25. The maximum atomic E-state index is 9.58. The number of hydrogen-bond donors (Lipinski definition) is 1. The molecular weight excluding hydrogens is 340 g/mol. The largest absolute Gasteiger partial charge is 0.506 e. The van der Waals surface area contributed by atoms with E-state index in [9.17, 15) is 5.11 Å². The van der Waals surface area contributed by atoms with Gasteiger partial charge in [0.1, 0.15) is 23.4 Å². The summed E-state index contributed by atoms with van der Waals surface area (Å²) in [5.41, 5.74) is 0.967. The van der Waals surface area contributed by atoms with Crippen LogP contribution < -0.4 is 14.4 Å². The molecule has 1 saturated heterocycles. The Morgan fingerprint density at radius 2 is 1.78 bits per heavy atom. The summed E-state index contributed by atoms with van der Waals surface area (Å²) in [6, 6.07) is 9.72. The van der Waals surface area contributed by atoms with Gasteiger partial charge >= 0.3 is 0 Å². The van der Waals surface area contributed by atoms with Crippen molar-refractivity contribution in [2.45, 2.75) is 51.6 Å². The number of ether oxygens (including phenoxy) is 2. The second-order valence-electron chi connectivity index (χ2n) is 7.09. The summed E-state index contributed by atoms with van der Waals surface area (Å²) >= 11 is 0. The van der Waals surface area contributed by atoms with Gasteiger partial charge in [-0.15, -0.1) is 0 Å². The van der Waals surface area contributed by atoms with E-state index in [0.717, 1.165) is 56.1 Å². The topological polar surface area (TPSA) is 54.8 Å². The molecule has 146 valence electrons. The normalized spacial score (nSPS) is 14.9. The minimum absolute atomic E-state index is 0.207. The van der Waals surface area contributed by atoms with Gasteiger partial charge in [0.05, 0.1) is 24.7 Å². The molecule has 5 nitrogen and oxygen atoms in total. The van der Waals surface area contributed by atoms with Crippen LogP contribution in [0.25, 0.3) is 0 Å². The Labute approximate surface area is 161 Å². The lowest BCUT2D eigenvalue weighted by Crippen LogP contribution is -2.38. The predicted molar refractivity (Wildman–Crippen MR) is 108 cm³/mol. The van der Waals surface area contributed by atoms with Crippen molar-refractivity contribution < 1.29 is 14.6 Å². The van der Waals surface area contributed by atoms with Crippen LogP contribution in [0.5, 0.6) is 17.2 Å². The molecule has 0 amide bonds. The number of anilines is 1. The molecule has 5 heteroatoms. The van der Waals surface area contributed by atoms with Crippen molar-refractivity contribution in [2.75, 3.05) is 24.6 Å². The molecule has 0 aliphatic carbocycles. The molecule has 0 unspecified atom stereocenters. The first-order valence-corrected chi connectivity index (χ1v) is 10.0. The van der Waals surface area contributed by atoms with E-state index in [0.29, 0.717) is 0 Å². The molecular formula is C22H30N2O3. The van der Waals surface area contributed by atoms with Crippen LogP contribution in [0.15, 0.2) is 42.7 Å². The first-order chi connectivity index (χ1) is 13.2. The highest BCUT2D eigenvalue weighted by molar-refractivity contribution is 5.48. The lowest BCUT2D eigenvalue weighted by Gasteiger charge is -2.33. The van der Waals surface area contributed by atoms with Crippen LogP contribution in [0.4, 0.5) is 5.69 Å². The van der Waals surface area contributed by atoms with Crippen LogP contribution in [-0.2, 0) is 0 Å². The van der Waals surface area contributed by atoms with E-state index in [1.807, 2.05) is 24.3 Å². The van der Waals surface area contributed by atoms with Gasteiger partial charge in [-0.3, -0.25) is 4.98 Å². The minimum Gasteiger partial charge on any atom is -0.506 e. The molecule has 1 aliphatic heterocycles. The molecule has 0 radical (unpaired) electrons. The predicted octanol–water partition coefficient (Wildman–Crippen LogP) is 4.79. The van der Waals surface area contributed by atoms with Gasteiger partial charge in [-0.05, 0) is 30.7 Å². The Morgan fingerprint density at radius 1 is 1.04 bits per heavy atom. The number of unbranched alkanes of at least 4 members (excludes halogenated alkanes) is 3. The molecule has 3 rings (SSSR count). The zero-order valence-corrected chi connectivity index (χ0v) is 16.1. The number of piperidine rings is 1. The van der Waals surface area contributed by atoms with Gasteiger partial charge in [0.2, 0.25) is 0 Å². The van der Waals surface area contributed by atoms with Crippen molar-refractivity contribution in [3.8, 4) is 17.2 Å². The number of nitrogens with zero attached hydrogens (tertiary/aromatic N) is 2. The van der Waals surface area contributed by atoms with Crippen LogP contribution in [0.1, 0.15) is 45.4 Å². The number of aromatic hydroxyl groups is 1. The monoisotopic (exact) mass is 370 g/mol. The number of hydrogen-bond acceptors (Lipinski definition) is 5. The summed E-state index contributed by atoms with van der Waals surface area (Å²) in [6.07, 6.45) is 10.2. The van der Waals surface area contributed by atoms with Crippen LogP contribution in [-0.4, -0.2) is 35.9 Å². The van der Waals surface area contributed by atoms with E-state index in [1.165, 1.54) is 25.5 Å². The van der Waals surface area contributed by atoms with Gasteiger partial charge in [-0.1, -0.05) is 26.2 Å². The fraction of sp³-hybridized carbons (Fsp3) is 0.500. The van der Waals surface area contributed by atoms with Crippen LogP contribution in [0.3, 0.4) is 0 Å². The number of pyridine rings is 1. The Morgan fingerprint density at radius 3 is 2.48 bits per heavy atom. The Hall–Kier alpha value is -2.43. The van der Waals surface area contributed by atoms with E-state index < -0.39 is 0 Å². The summed E-state index contributed by atoms with van der Waals surface area (Å²) < 4.78 is 11.9. The third-order valence-electron chi connectivity index (χ3n) is 4.91. The fourth-order valence-corrected chi connectivity index (χ4v) is 3.35. The van der Waals surface area contributed by atoms with Crippen molar-refractivity contribution in [1.29, 1.82) is 0 Å². The molecule has 1 N–H and O–H groups in total. The summed E-state index contributed by atoms with van der Waals surface area (Å²) in [6.45, 7) is 4.79. The second-order valence-corrected chi connectivity index (χ2v) is 7.09. The van der Waals surface area contributed by atoms with Gasteiger partial charge in [-0.2, -0.15) is 0 Å². The quantitative estimate of drug-likeness (QED) is 0.643. The second kappa shape index (κ2) is 10.0. The molecule has 1 aliphatic rings. The molecule has 0 spiro atoms. The van der Waals surface area contributed by atoms with Crippen LogP contribution in [0, 0.1) is 0 Å². The summed E-state index contributed by atoms with van der Waals surface area (Å²) in [4.78, 5) is 6.29. The standard InChI is InChI=1S/C22H30N2O3/c1-2-3-4-5-14-26-20-6-8-21(9-7-20)27-22-10-12-24(13-11-22)18-15-19(25)17-23-16-18/h6-9,15-17,22,25H,2-5,10-14H2,1H3. The lowest BCUT2D eigenvalue weighted by atomic mass is 10.1. The highest BCUT2D eigenvalue weighted by atomic mass is 16.5. The third-order valence-corrected chi connectivity index (χ3v) is 4.91. The first-order valence-electron chi connectivity index (χ1n) is 10.0. The van der Waals surface area contributed by atoms with Crippen molar-refractivity contribution in [3.63, 3.8) is 0 Å². The molecule has 1 aromatic carbocycles. The maximum absolute atomic E-state index is 9.58.